The van der Waals surface area contributed by atoms with Gasteiger partial charge < -0.3 is 4.90 Å². The fourth-order valence-electron chi connectivity index (χ4n) is 1.96. The quantitative estimate of drug-likeness (QED) is 0.719. The Balaban J connectivity index is 2.61. The van der Waals surface area contributed by atoms with Crippen LogP contribution in [0.3, 0.4) is 0 Å². The van der Waals surface area contributed by atoms with Crippen LogP contribution in [-0.4, -0.2) is 20.9 Å². The van der Waals surface area contributed by atoms with Gasteiger partial charge in [-0.05, 0) is 24.1 Å². The summed E-state index contributed by atoms with van der Waals surface area (Å²) in [7, 11) is 1.60. The van der Waals surface area contributed by atoms with E-state index >= 15 is 0 Å². The molecule has 6 heteroatoms. The zero-order valence-corrected chi connectivity index (χ0v) is 10.2. The van der Waals surface area contributed by atoms with Crippen LogP contribution in [0.5, 0.6) is 0 Å². The van der Waals surface area contributed by atoms with Crippen molar-refractivity contribution in [2.45, 2.75) is 18.2 Å². The van der Waals surface area contributed by atoms with E-state index in [0.29, 0.717) is 24.2 Å². The van der Waals surface area contributed by atoms with Gasteiger partial charge in [-0.2, -0.15) is 0 Å². The van der Waals surface area contributed by atoms with E-state index in [1.165, 1.54) is 13.0 Å². The number of halogens is 1. The van der Waals surface area contributed by atoms with Crippen LogP contribution >= 0.6 is 10.7 Å². The van der Waals surface area contributed by atoms with E-state index in [1.54, 1.807) is 17.0 Å². The number of rotatable bonds is 1. The summed E-state index contributed by atoms with van der Waals surface area (Å²) in [5.74, 6) is -0.0946. The maximum absolute atomic E-state index is 11.3. The van der Waals surface area contributed by atoms with Crippen molar-refractivity contribution in [3.63, 3.8) is 0 Å². The van der Waals surface area contributed by atoms with Gasteiger partial charge in [0, 0.05) is 29.8 Å². The number of benzene rings is 1. The molecular weight excluding hydrogens is 250 g/mol. The number of carbonyl (C=O) groups is 1. The Labute approximate surface area is 98.2 Å². The van der Waals surface area contributed by atoms with Gasteiger partial charge in [0.05, 0.1) is 4.90 Å². The summed E-state index contributed by atoms with van der Waals surface area (Å²) >= 11 is 0. The first-order valence-electron chi connectivity index (χ1n) is 4.76. The SMILES string of the molecule is CC(=O)N1CCc2c1cccc2S(=O)(=O)Cl. The van der Waals surface area contributed by atoms with Gasteiger partial charge in [0.2, 0.25) is 5.91 Å². The van der Waals surface area contributed by atoms with Crippen LogP contribution in [0, 0.1) is 0 Å². The smallest absolute Gasteiger partial charge is 0.261 e. The van der Waals surface area contributed by atoms with E-state index in [4.69, 9.17) is 10.7 Å². The molecule has 0 aliphatic carbocycles. The summed E-state index contributed by atoms with van der Waals surface area (Å²) in [6, 6.07) is 4.79. The molecule has 86 valence electrons. The summed E-state index contributed by atoms with van der Waals surface area (Å²) in [6.07, 6.45) is 0.525. The van der Waals surface area contributed by atoms with Crippen molar-refractivity contribution in [2.75, 3.05) is 11.4 Å². The molecule has 0 fully saturated rings. The van der Waals surface area contributed by atoms with Gasteiger partial charge in [-0.3, -0.25) is 4.79 Å². The van der Waals surface area contributed by atoms with Gasteiger partial charge in [-0.15, -0.1) is 0 Å². The van der Waals surface area contributed by atoms with Crippen molar-refractivity contribution in [3.8, 4) is 0 Å². The maximum Gasteiger partial charge on any atom is 0.261 e. The fourth-order valence-corrected chi connectivity index (χ4v) is 3.13. The second-order valence-corrected chi connectivity index (χ2v) is 6.15. The molecule has 1 aromatic carbocycles. The first-order chi connectivity index (χ1) is 7.41. The fraction of sp³-hybridized carbons (Fsp3) is 0.300. The molecule has 0 bridgehead atoms. The summed E-state index contributed by atoms with van der Waals surface area (Å²) in [5.41, 5.74) is 1.28. The molecule has 0 radical (unpaired) electrons. The lowest BCUT2D eigenvalue weighted by atomic mass is 10.2. The standard InChI is InChI=1S/C10H10ClNO3S/c1-7(13)12-6-5-8-9(12)3-2-4-10(8)16(11,14)15/h2-4H,5-6H2,1H3. The lowest BCUT2D eigenvalue weighted by Crippen LogP contribution is -2.25. The normalized spacial score (nSPS) is 15.0. The highest BCUT2D eigenvalue weighted by atomic mass is 35.7. The zero-order valence-electron chi connectivity index (χ0n) is 8.60. The number of fused-ring (bicyclic) bond motifs is 1. The van der Waals surface area contributed by atoms with Crippen molar-refractivity contribution in [1.29, 1.82) is 0 Å². The van der Waals surface area contributed by atoms with E-state index in [2.05, 4.69) is 0 Å². The number of hydrogen-bond donors (Lipinski definition) is 0. The third-order valence-electron chi connectivity index (χ3n) is 2.63. The Kier molecular flexibility index (Phi) is 2.67. The highest BCUT2D eigenvalue weighted by Crippen LogP contribution is 2.34. The number of carbonyl (C=O) groups excluding carboxylic acids is 1. The molecule has 1 amide bonds. The van der Waals surface area contributed by atoms with E-state index < -0.39 is 9.05 Å². The Bertz CT molecular complexity index is 553. The minimum absolute atomic E-state index is 0.0946. The molecule has 16 heavy (non-hydrogen) atoms. The van der Waals surface area contributed by atoms with Gasteiger partial charge in [0.1, 0.15) is 0 Å². The van der Waals surface area contributed by atoms with Crippen LogP contribution in [0.15, 0.2) is 23.1 Å². The first-order valence-corrected chi connectivity index (χ1v) is 7.07. The average molecular weight is 260 g/mol. The molecule has 1 aromatic rings. The Morgan fingerprint density at radius 3 is 2.69 bits per heavy atom. The summed E-state index contributed by atoms with van der Waals surface area (Å²) in [6.45, 7) is 1.96. The molecule has 0 atom stereocenters. The van der Waals surface area contributed by atoms with Crippen molar-refractivity contribution < 1.29 is 13.2 Å². The number of nitrogens with zero attached hydrogens (tertiary/aromatic N) is 1. The Morgan fingerprint density at radius 2 is 2.12 bits per heavy atom. The second kappa shape index (κ2) is 3.75. The van der Waals surface area contributed by atoms with Crippen LogP contribution in [0.1, 0.15) is 12.5 Å². The van der Waals surface area contributed by atoms with Crippen molar-refractivity contribution in [3.05, 3.63) is 23.8 Å². The minimum atomic E-state index is -3.74. The highest BCUT2D eigenvalue weighted by molar-refractivity contribution is 8.13. The summed E-state index contributed by atoms with van der Waals surface area (Å²) in [4.78, 5) is 13.0. The molecule has 0 saturated carbocycles. The van der Waals surface area contributed by atoms with Gasteiger partial charge in [-0.1, -0.05) is 6.07 Å². The number of hydrogen-bond acceptors (Lipinski definition) is 3. The van der Waals surface area contributed by atoms with Crippen LogP contribution in [0.25, 0.3) is 0 Å². The summed E-state index contributed by atoms with van der Waals surface area (Å²) < 4.78 is 22.7. The van der Waals surface area contributed by atoms with E-state index in [1.807, 2.05) is 0 Å². The monoisotopic (exact) mass is 259 g/mol. The Hall–Kier alpha value is -1.07. The van der Waals surface area contributed by atoms with Crippen LogP contribution in [-0.2, 0) is 20.3 Å². The minimum Gasteiger partial charge on any atom is -0.312 e. The van der Waals surface area contributed by atoms with Crippen molar-refractivity contribution >= 4 is 31.3 Å². The highest BCUT2D eigenvalue weighted by Gasteiger charge is 2.27. The third-order valence-corrected chi connectivity index (χ3v) is 4.03. The van der Waals surface area contributed by atoms with Crippen LogP contribution in [0.4, 0.5) is 5.69 Å². The largest absolute Gasteiger partial charge is 0.312 e. The molecule has 0 saturated heterocycles. The molecule has 0 N–H and O–H groups in total. The van der Waals surface area contributed by atoms with Crippen LogP contribution in [0.2, 0.25) is 0 Å². The Morgan fingerprint density at radius 1 is 1.44 bits per heavy atom. The zero-order chi connectivity index (χ0) is 11.9. The maximum atomic E-state index is 11.3. The van der Waals surface area contributed by atoms with Crippen LogP contribution < -0.4 is 4.90 Å². The van der Waals surface area contributed by atoms with E-state index in [-0.39, 0.29) is 10.8 Å². The van der Waals surface area contributed by atoms with Gasteiger partial charge in [0.15, 0.2) is 0 Å². The van der Waals surface area contributed by atoms with Gasteiger partial charge >= 0.3 is 0 Å². The molecule has 1 aliphatic heterocycles. The van der Waals surface area contributed by atoms with Gasteiger partial charge in [-0.25, -0.2) is 8.42 Å². The first kappa shape index (κ1) is 11.4. The average Bonchev–Trinajstić information content (AvgIpc) is 2.58. The molecular formula is C10H10ClNO3S. The second-order valence-electron chi connectivity index (χ2n) is 3.61. The molecule has 0 aromatic heterocycles. The molecule has 1 aliphatic rings. The topological polar surface area (TPSA) is 54.5 Å². The predicted molar refractivity (Wildman–Crippen MR) is 61.2 cm³/mol. The summed E-state index contributed by atoms with van der Waals surface area (Å²) in [5, 5.41) is 0. The molecule has 2 rings (SSSR count). The van der Waals surface area contributed by atoms with Gasteiger partial charge in [0.25, 0.3) is 9.05 Å². The molecule has 0 unspecified atom stereocenters. The molecule has 4 nitrogen and oxygen atoms in total. The lowest BCUT2D eigenvalue weighted by Gasteiger charge is -2.14. The van der Waals surface area contributed by atoms with Crippen molar-refractivity contribution in [1.82, 2.24) is 0 Å². The predicted octanol–water partition coefficient (Wildman–Crippen LogP) is 1.52. The molecule has 0 spiro atoms. The van der Waals surface area contributed by atoms with E-state index in [9.17, 15) is 13.2 Å². The number of anilines is 1. The third kappa shape index (κ3) is 1.81. The lowest BCUT2D eigenvalue weighted by molar-refractivity contribution is -0.116. The number of amides is 1. The van der Waals surface area contributed by atoms with Crippen molar-refractivity contribution in [2.24, 2.45) is 0 Å². The van der Waals surface area contributed by atoms with E-state index in [0.717, 1.165) is 0 Å². The molecule has 1 heterocycles.